The van der Waals surface area contributed by atoms with Crippen molar-refractivity contribution < 1.29 is 14.3 Å². The molecular weight excluding hydrogens is 359 g/mol. The number of benzene rings is 2. The van der Waals surface area contributed by atoms with E-state index in [9.17, 15) is 14.3 Å². The number of carbonyl (C=O) groups excluding carboxylic acids is 1. The van der Waals surface area contributed by atoms with Gasteiger partial charge in [0.05, 0.1) is 5.52 Å². The molecule has 6 nitrogen and oxygen atoms in total. The number of para-hydroxylation sites is 1. The Morgan fingerprint density at radius 1 is 1.11 bits per heavy atom. The van der Waals surface area contributed by atoms with Crippen molar-refractivity contribution in [1.82, 2.24) is 9.47 Å². The fraction of sp³-hybridized carbons (Fsp3) is 0.286. The molecule has 0 fully saturated rings. The highest BCUT2D eigenvalue weighted by Crippen LogP contribution is 2.38. The van der Waals surface area contributed by atoms with Gasteiger partial charge in [0.2, 0.25) is 5.88 Å². The van der Waals surface area contributed by atoms with Crippen LogP contribution in [0.15, 0.2) is 58.8 Å². The molecule has 0 bridgehead atoms. The molecular formula is C21H23FN4O2. The Hall–Kier alpha value is -3.06. The number of fused-ring (bicyclic) bond motifs is 1. The number of aromatic hydroxyl groups is 1. The maximum atomic E-state index is 13.0. The van der Waals surface area contributed by atoms with Gasteiger partial charge >= 0.3 is 0 Å². The summed E-state index contributed by atoms with van der Waals surface area (Å²) in [4.78, 5) is 14.5. The van der Waals surface area contributed by atoms with Gasteiger partial charge in [0, 0.05) is 24.0 Å². The lowest BCUT2D eigenvalue weighted by Crippen LogP contribution is -2.26. The molecule has 28 heavy (non-hydrogen) atoms. The number of rotatable bonds is 7. The second-order valence-electron chi connectivity index (χ2n) is 6.38. The molecule has 146 valence electrons. The van der Waals surface area contributed by atoms with Crippen LogP contribution < -0.4 is 0 Å². The van der Waals surface area contributed by atoms with Crippen LogP contribution in [0, 0.1) is 5.82 Å². The topological polar surface area (TPSA) is 70.2 Å². The van der Waals surface area contributed by atoms with Crippen LogP contribution in [-0.2, 0) is 6.54 Å². The minimum Gasteiger partial charge on any atom is -0.493 e. The monoisotopic (exact) mass is 382 g/mol. The van der Waals surface area contributed by atoms with Gasteiger partial charge in [0.25, 0.3) is 5.91 Å². The molecule has 1 amide bonds. The highest BCUT2D eigenvalue weighted by atomic mass is 19.1. The first-order chi connectivity index (χ1) is 13.5. The summed E-state index contributed by atoms with van der Waals surface area (Å²) in [7, 11) is 0. The Morgan fingerprint density at radius 3 is 2.46 bits per heavy atom. The van der Waals surface area contributed by atoms with Crippen molar-refractivity contribution in [3.05, 3.63) is 59.9 Å². The van der Waals surface area contributed by atoms with Crippen molar-refractivity contribution in [2.24, 2.45) is 10.2 Å². The van der Waals surface area contributed by atoms with E-state index >= 15 is 0 Å². The van der Waals surface area contributed by atoms with Gasteiger partial charge in [0.1, 0.15) is 5.82 Å². The summed E-state index contributed by atoms with van der Waals surface area (Å²) in [5, 5.41) is 19.2. The number of nitrogens with zero attached hydrogens (tertiary/aromatic N) is 4. The molecule has 0 spiro atoms. The van der Waals surface area contributed by atoms with E-state index in [2.05, 4.69) is 29.0 Å². The Balaban J connectivity index is 1.91. The molecule has 1 aromatic heterocycles. The number of likely N-dealkylation sites (N-methyl/N-ethyl adjacent to an activating group) is 1. The third-order valence-electron chi connectivity index (χ3n) is 4.78. The molecule has 0 radical (unpaired) electrons. The summed E-state index contributed by atoms with van der Waals surface area (Å²) in [6.45, 7) is 7.42. The lowest BCUT2D eigenvalue weighted by molar-refractivity contribution is 0.0995. The fourth-order valence-electron chi connectivity index (χ4n) is 3.12. The SMILES string of the molecule is CCN(CC)CCn1c(O)c(N=NC(=O)c2ccc(F)cc2)c2ccccc21. The molecule has 3 rings (SSSR count). The largest absolute Gasteiger partial charge is 0.493 e. The van der Waals surface area contributed by atoms with Gasteiger partial charge in [-0.3, -0.25) is 4.79 Å². The molecule has 7 heteroatoms. The van der Waals surface area contributed by atoms with Crippen LogP contribution >= 0.6 is 0 Å². The Bertz CT molecular complexity index is 992. The molecule has 3 aromatic rings. The Morgan fingerprint density at radius 2 is 1.79 bits per heavy atom. The summed E-state index contributed by atoms with van der Waals surface area (Å²) in [5.74, 6) is -1.05. The van der Waals surface area contributed by atoms with Crippen molar-refractivity contribution in [3.63, 3.8) is 0 Å². The van der Waals surface area contributed by atoms with E-state index in [4.69, 9.17) is 0 Å². The van der Waals surface area contributed by atoms with Crippen molar-refractivity contribution in [3.8, 4) is 5.88 Å². The Kier molecular flexibility index (Phi) is 6.16. The average Bonchev–Trinajstić information content (AvgIpc) is 2.98. The van der Waals surface area contributed by atoms with Crippen molar-refractivity contribution in [2.45, 2.75) is 20.4 Å². The number of halogens is 1. The van der Waals surface area contributed by atoms with E-state index in [-0.39, 0.29) is 17.1 Å². The minimum absolute atomic E-state index is 0.0241. The lowest BCUT2D eigenvalue weighted by atomic mass is 10.2. The molecule has 0 aliphatic carbocycles. The number of carbonyl (C=O) groups is 1. The van der Waals surface area contributed by atoms with E-state index in [1.165, 1.54) is 24.3 Å². The van der Waals surface area contributed by atoms with E-state index in [1.807, 2.05) is 24.3 Å². The molecule has 2 aromatic carbocycles. The van der Waals surface area contributed by atoms with E-state index < -0.39 is 11.7 Å². The number of aromatic nitrogens is 1. The highest BCUT2D eigenvalue weighted by Gasteiger charge is 2.17. The zero-order valence-corrected chi connectivity index (χ0v) is 16.0. The van der Waals surface area contributed by atoms with Crippen LogP contribution in [-0.4, -0.2) is 40.1 Å². The summed E-state index contributed by atoms with van der Waals surface area (Å²) in [5.41, 5.74) is 1.32. The first-order valence-corrected chi connectivity index (χ1v) is 9.29. The zero-order valence-electron chi connectivity index (χ0n) is 16.0. The van der Waals surface area contributed by atoms with Crippen molar-refractivity contribution in [2.75, 3.05) is 19.6 Å². The van der Waals surface area contributed by atoms with Gasteiger partial charge in [-0.2, -0.15) is 0 Å². The number of hydrogen-bond donors (Lipinski definition) is 1. The number of amides is 1. The maximum absolute atomic E-state index is 13.0. The van der Waals surface area contributed by atoms with E-state index in [1.54, 1.807) is 4.57 Å². The van der Waals surface area contributed by atoms with Gasteiger partial charge in [-0.15, -0.1) is 10.2 Å². The van der Waals surface area contributed by atoms with Crippen LogP contribution in [0.4, 0.5) is 10.1 Å². The van der Waals surface area contributed by atoms with Crippen molar-refractivity contribution >= 4 is 22.5 Å². The van der Waals surface area contributed by atoms with Gasteiger partial charge in [0.15, 0.2) is 5.69 Å². The summed E-state index contributed by atoms with van der Waals surface area (Å²) < 4.78 is 14.8. The average molecular weight is 382 g/mol. The molecule has 0 unspecified atom stereocenters. The minimum atomic E-state index is -0.598. The lowest BCUT2D eigenvalue weighted by Gasteiger charge is -2.18. The predicted octanol–water partition coefficient (Wildman–Crippen LogP) is 4.75. The molecule has 0 aliphatic heterocycles. The van der Waals surface area contributed by atoms with Gasteiger partial charge in [-0.25, -0.2) is 4.39 Å². The first-order valence-electron chi connectivity index (χ1n) is 9.29. The third-order valence-corrected chi connectivity index (χ3v) is 4.78. The van der Waals surface area contributed by atoms with Gasteiger partial charge in [-0.05, 0) is 43.4 Å². The van der Waals surface area contributed by atoms with Crippen LogP contribution in [0.2, 0.25) is 0 Å². The number of hydrogen-bond acceptors (Lipinski definition) is 4. The smallest absolute Gasteiger partial charge is 0.295 e. The van der Waals surface area contributed by atoms with Gasteiger partial charge in [-0.1, -0.05) is 32.0 Å². The first kappa shape index (κ1) is 19.7. The Labute approximate surface area is 162 Å². The standard InChI is InChI=1S/C21H23FN4O2/c1-3-25(4-2)13-14-26-18-8-6-5-7-17(18)19(21(26)28)23-24-20(27)15-9-11-16(22)12-10-15/h5-12,28H,3-4,13-14H2,1-2H3. The molecule has 0 aliphatic rings. The summed E-state index contributed by atoms with van der Waals surface area (Å²) >= 11 is 0. The van der Waals surface area contributed by atoms with Crippen LogP contribution in [0.25, 0.3) is 10.9 Å². The quantitative estimate of drug-likeness (QED) is 0.599. The molecule has 0 atom stereocenters. The summed E-state index contributed by atoms with van der Waals surface area (Å²) in [6.07, 6.45) is 0. The van der Waals surface area contributed by atoms with E-state index in [0.717, 1.165) is 30.5 Å². The van der Waals surface area contributed by atoms with Crippen LogP contribution in [0.1, 0.15) is 24.2 Å². The van der Waals surface area contributed by atoms with Crippen molar-refractivity contribution in [1.29, 1.82) is 0 Å². The fourth-order valence-corrected chi connectivity index (χ4v) is 3.12. The van der Waals surface area contributed by atoms with E-state index in [0.29, 0.717) is 6.54 Å². The second-order valence-corrected chi connectivity index (χ2v) is 6.38. The summed E-state index contributed by atoms with van der Waals surface area (Å²) in [6, 6.07) is 12.6. The third kappa shape index (κ3) is 4.09. The van der Waals surface area contributed by atoms with Crippen LogP contribution in [0.3, 0.4) is 0 Å². The number of azo groups is 1. The normalized spacial score (nSPS) is 11.7. The second kappa shape index (κ2) is 8.75. The molecule has 0 saturated carbocycles. The maximum Gasteiger partial charge on any atom is 0.295 e. The van der Waals surface area contributed by atoms with Gasteiger partial charge < -0.3 is 14.6 Å². The zero-order chi connectivity index (χ0) is 20.1. The highest BCUT2D eigenvalue weighted by molar-refractivity contribution is 5.97. The molecule has 1 heterocycles. The molecule has 1 N–H and O–H groups in total. The molecule has 0 saturated heterocycles. The van der Waals surface area contributed by atoms with Crippen LogP contribution in [0.5, 0.6) is 5.88 Å². The predicted molar refractivity (Wildman–Crippen MR) is 107 cm³/mol.